The molecule has 0 aliphatic rings. The Balaban J connectivity index is 4.50. The lowest BCUT2D eigenvalue weighted by Gasteiger charge is -2.29. The summed E-state index contributed by atoms with van der Waals surface area (Å²) in [6.07, 6.45) is -0.0478. The van der Waals surface area contributed by atoms with Crippen molar-refractivity contribution in [1.29, 1.82) is 0 Å². The van der Waals surface area contributed by atoms with Crippen molar-refractivity contribution in [2.75, 3.05) is 12.8 Å². The van der Waals surface area contributed by atoms with Gasteiger partial charge < -0.3 is 35.7 Å². The minimum Gasteiger partial charge on any atom is -0.368 e. The van der Waals surface area contributed by atoms with Crippen molar-refractivity contribution >= 4 is 38.0 Å². The van der Waals surface area contributed by atoms with E-state index in [1.54, 1.807) is 0 Å². The smallest absolute Gasteiger partial charge is 0.368 e. The minimum absolute atomic E-state index is 0.221. The zero-order valence-electron chi connectivity index (χ0n) is 12.2. The van der Waals surface area contributed by atoms with Crippen molar-refractivity contribution in [2.45, 2.75) is 30.4 Å². The third-order valence-corrected chi connectivity index (χ3v) is 7.43. The topological polar surface area (TPSA) is 207 Å². The Labute approximate surface area is 136 Å². The fraction of sp³-hybridized carbons (Fsp3) is 0.778. The van der Waals surface area contributed by atoms with E-state index in [0.29, 0.717) is 0 Å². The van der Waals surface area contributed by atoms with E-state index < -0.39 is 43.8 Å². The average Bonchev–Trinajstić information content (AvgIpc) is 2.39. The molecule has 1 atom stereocenters. The molecule has 8 N–H and O–H groups in total. The first kappa shape index (κ1) is 22.7. The number of carbonyl (C=O) groups excluding carboxylic acids is 2. The Hall–Kier alpha value is -0.290. The van der Waals surface area contributed by atoms with E-state index in [9.17, 15) is 23.8 Å². The maximum atomic E-state index is 11.5. The maximum Gasteiger partial charge on any atom is 0.369 e. The quantitative estimate of drug-likeness (QED) is 0.177. The molecule has 0 aliphatic carbocycles. The van der Waals surface area contributed by atoms with Gasteiger partial charge in [0, 0.05) is 19.4 Å². The molecule has 1 unspecified atom stereocenters. The van der Waals surface area contributed by atoms with Crippen LogP contribution in [0.3, 0.4) is 0 Å². The molecule has 0 aromatic carbocycles. The standard InChI is InChI=1S/C9H20N2O9P2S/c1-23-8(13)6(10)5-7(12)11-4-2-3-9(14,21(15,16)17)22(18,19)20/h6,14H,2-5,10H2,1H3,(H,11,12)(H2,15,16,17)(H2,18,19,20). The van der Waals surface area contributed by atoms with Gasteiger partial charge in [-0.05, 0) is 12.7 Å². The molecule has 0 aliphatic heterocycles. The van der Waals surface area contributed by atoms with Crippen molar-refractivity contribution in [3.8, 4) is 0 Å². The van der Waals surface area contributed by atoms with Gasteiger partial charge in [-0.2, -0.15) is 0 Å². The Kier molecular flexibility index (Phi) is 8.59. The first-order valence-corrected chi connectivity index (χ1v) is 10.6. The second kappa shape index (κ2) is 8.70. The van der Waals surface area contributed by atoms with E-state index in [0.717, 1.165) is 11.8 Å². The summed E-state index contributed by atoms with van der Waals surface area (Å²) in [7, 11) is -11.0. The molecule has 0 saturated carbocycles. The molecular formula is C9H20N2O9P2S. The first-order valence-electron chi connectivity index (χ1n) is 6.20. The van der Waals surface area contributed by atoms with E-state index in [-0.39, 0.29) is 19.4 Å². The van der Waals surface area contributed by atoms with Crippen LogP contribution < -0.4 is 11.1 Å². The Morgan fingerprint density at radius 3 is 2.09 bits per heavy atom. The Morgan fingerprint density at radius 2 is 1.70 bits per heavy atom. The average molecular weight is 394 g/mol. The number of carbonyl (C=O) groups is 2. The van der Waals surface area contributed by atoms with Crippen LogP contribution in [0.25, 0.3) is 0 Å². The molecule has 1 amide bonds. The van der Waals surface area contributed by atoms with Crippen molar-refractivity contribution in [2.24, 2.45) is 5.73 Å². The van der Waals surface area contributed by atoms with Crippen LogP contribution in [0.1, 0.15) is 19.3 Å². The van der Waals surface area contributed by atoms with Crippen molar-refractivity contribution in [3.63, 3.8) is 0 Å². The van der Waals surface area contributed by atoms with Gasteiger partial charge in [-0.3, -0.25) is 18.7 Å². The molecule has 23 heavy (non-hydrogen) atoms. The van der Waals surface area contributed by atoms with Crippen LogP contribution in [0.15, 0.2) is 0 Å². The number of hydrogen-bond acceptors (Lipinski definition) is 7. The number of rotatable bonds is 9. The molecular weight excluding hydrogens is 374 g/mol. The number of thioether (sulfide) groups is 1. The van der Waals surface area contributed by atoms with Gasteiger partial charge in [-0.1, -0.05) is 11.8 Å². The van der Waals surface area contributed by atoms with Crippen LogP contribution in [-0.2, 0) is 18.7 Å². The van der Waals surface area contributed by atoms with Gasteiger partial charge in [0.2, 0.25) is 11.0 Å². The monoisotopic (exact) mass is 394 g/mol. The van der Waals surface area contributed by atoms with Gasteiger partial charge in [-0.25, -0.2) is 0 Å². The van der Waals surface area contributed by atoms with Crippen LogP contribution in [0.5, 0.6) is 0 Å². The summed E-state index contributed by atoms with van der Waals surface area (Å²) in [5.74, 6) is -0.615. The first-order chi connectivity index (χ1) is 10.3. The number of nitrogens with two attached hydrogens (primary N) is 1. The van der Waals surface area contributed by atoms with Crippen LogP contribution in [0.2, 0.25) is 0 Å². The highest BCUT2D eigenvalue weighted by atomic mass is 32.2. The second-order valence-electron chi connectivity index (χ2n) is 4.65. The summed E-state index contributed by atoms with van der Waals surface area (Å²) in [6.45, 7) is -0.221. The normalized spacial score (nSPS) is 14.4. The molecule has 0 heterocycles. The van der Waals surface area contributed by atoms with E-state index in [2.05, 4.69) is 5.32 Å². The SMILES string of the molecule is CSC(=O)C(N)CC(=O)NCCCC(O)(P(=O)(O)O)P(=O)(O)O. The highest BCUT2D eigenvalue weighted by Crippen LogP contribution is 2.69. The molecule has 11 nitrogen and oxygen atoms in total. The highest BCUT2D eigenvalue weighted by Gasteiger charge is 2.58. The summed E-state index contributed by atoms with van der Waals surface area (Å²) < 4.78 is 22.2. The van der Waals surface area contributed by atoms with Crippen LogP contribution >= 0.6 is 27.0 Å². The molecule has 0 saturated heterocycles. The summed E-state index contributed by atoms with van der Waals surface area (Å²) in [5.41, 5.74) is 5.44. The van der Waals surface area contributed by atoms with Gasteiger partial charge in [0.25, 0.3) is 5.08 Å². The van der Waals surface area contributed by atoms with Gasteiger partial charge in [-0.15, -0.1) is 0 Å². The van der Waals surface area contributed by atoms with Gasteiger partial charge in [0.1, 0.15) is 0 Å². The fourth-order valence-electron chi connectivity index (χ4n) is 1.52. The number of hydrogen-bond donors (Lipinski definition) is 7. The van der Waals surface area contributed by atoms with Gasteiger partial charge in [0.15, 0.2) is 0 Å². The van der Waals surface area contributed by atoms with E-state index in [4.69, 9.17) is 25.3 Å². The molecule has 0 aromatic heterocycles. The zero-order chi connectivity index (χ0) is 18.5. The van der Waals surface area contributed by atoms with E-state index in [1.165, 1.54) is 6.26 Å². The maximum absolute atomic E-state index is 11.5. The third-order valence-electron chi connectivity index (χ3n) is 2.85. The number of amides is 1. The summed E-state index contributed by atoms with van der Waals surface area (Å²) in [4.78, 5) is 58.3. The summed E-state index contributed by atoms with van der Waals surface area (Å²) in [5, 5.41) is 7.97. The number of aliphatic hydroxyl groups is 1. The lowest BCUT2D eigenvalue weighted by molar-refractivity contribution is -0.123. The second-order valence-corrected chi connectivity index (χ2v) is 9.47. The molecule has 14 heteroatoms. The van der Waals surface area contributed by atoms with E-state index >= 15 is 0 Å². The van der Waals surface area contributed by atoms with Crippen LogP contribution in [0.4, 0.5) is 0 Å². The summed E-state index contributed by atoms with van der Waals surface area (Å²) in [6, 6.07) is -1.01. The van der Waals surface area contributed by atoms with Crippen molar-refractivity contribution in [1.82, 2.24) is 5.32 Å². The van der Waals surface area contributed by atoms with Crippen LogP contribution in [0, 0.1) is 0 Å². The largest absolute Gasteiger partial charge is 0.369 e. The van der Waals surface area contributed by atoms with E-state index in [1.807, 2.05) is 0 Å². The Bertz CT molecular complexity index is 509. The molecule has 136 valence electrons. The molecule has 0 rings (SSSR count). The lowest BCUT2D eigenvalue weighted by Crippen LogP contribution is -2.36. The van der Waals surface area contributed by atoms with Gasteiger partial charge in [0.05, 0.1) is 6.04 Å². The molecule has 0 radical (unpaired) electrons. The highest BCUT2D eigenvalue weighted by molar-refractivity contribution is 8.13. The van der Waals surface area contributed by atoms with Crippen molar-refractivity contribution < 1.29 is 43.4 Å². The summed E-state index contributed by atoms with van der Waals surface area (Å²) >= 11 is 0.862. The van der Waals surface area contributed by atoms with Gasteiger partial charge >= 0.3 is 15.2 Å². The predicted octanol–water partition coefficient (Wildman–Crippen LogP) is -1.51. The zero-order valence-corrected chi connectivity index (χ0v) is 14.8. The van der Waals surface area contributed by atoms with Crippen molar-refractivity contribution in [3.05, 3.63) is 0 Å². The molecule has 0 fully saturated rings. The number of nitrogens with one attached hydrogen (secondary N) is 1. The third kappa shape index (κ3) is 6.61. The minimum atomic E-state index is -5.50. The lowest BCUT2D eigenvalue weighted by atomic mass is 10.2. The molecule has 0 spiro atoms. The van der Waals surface area contributed by atoms with Crippen LogP contribution in [-0.4, -0.2) is 59.6 Å². The Morgan fingerprint density at radius 1 is 1.22 bits per heavy atom. The predicted molar refractivity (Wildman–Crippen MR) is 82.4 cm³/mol. The fourth-order valence-corrected chi connectivity index (χ4v) is 4.16. The molecule has 0 bridgehead atoms. The molecule has 0 aromatic rings.